The lowest BCUT2D eigenvalue weighted by molar-refractivity contribution is -0.124. The molecule has 1 aliphatic heterocycles. The van der Waals surface area contributed by atoms with Crippen LogP contribution < -0.4 is 4.90 Å². The maximum atomic E-state index is 13.4. The SMILES string of the molecule is C[C@@H]1CN(c2ccnn3cc(-c4ccc(CC#N)cn4)cc23)C(=O)[C@]1(C#N)C1CC1. The summed E-state index contributed by atoms with van der Waals surface area (Å²) < 4.78 is 1.75. The minimum absolute atomic E-state index is 0.0144. The zero-order chi connectivity index (χ0) is 20.9. The molecule has 0 radical (unpaired) electrons. The number of pyridine rings is 1. The van der Waals surface area contributed by atoms with Crippen LogP contribution in [-0.4, -0.2) is 27.0 Å². The van der Waals surface area contributed by atoms with Gasteiger partial charge in [-0.05, 0) is 42.5 Å². The van der Waals surface area contributed by atoms with Gasteiger partial charge in [0.2, 0.25) is 5.91 Å². The zero-order valence-corrected chi connectivity index (χ0v) is 16.6. The van der Waals surface area contributed by atoms with Gasteiger partial charge in [-0.15, -0.1) is 0 Å². The molecule has 2 atom stereocenters. The van der Waals surface area contributed by atoms with Crippen LogP contribution in [0.1, 0.15) is 25.3 Å². The lowest BCUT2D eigenvalue weighted by Crippen LogP contribution is -2.37. The second-order valence-electron chi connectivity index (χ2n) is 8.23. The van der Waals surface area contributed by atoms with Crippen molar-refractivity contribution in [1.82, 2.24) is 14.6 Å². The fourth-order valence-corrected chi connectivity index (χ4v) is 4.67. The van der Waals surface area contributed by atoms with Crippen LogP contribution in [0, 0.1) is 39.9 Å². The molecule has 0 N–H and O–H groups in total. The molecular weight excluding hydrogens is 376 g/mol. The number of hydrogen-bond acceptors (Lipinski definition) is 5. The molecular formula is C23H20N6O. The van der Waals surface area contributed by atoms with E-state index < -0.39 is 5.41 Å². The summed E-state index contributed by atoms with van der Waals surface area (Å²) in [5.74, 6) is 0.0701. The van der Waals surface area contributed by atoms with Crippen molar-refractivity contribution < 1.29 is 4.79 Å². The summed E-state index contributed by atoms with van der Waals surface area (Å²) in [6.07, 6.45) is 7.49. The largest absolute Gasteiger partial charge is 0.309 e. The lowest BCUT2D eigenvalue weighted by atomic mass is 9.75. The van der Waals surface area contributed by atoms with E-state index in [0.717, 1.165) is 40.9 Å². The Balaban J connectivity index is 1.54. The lowest BCUT2D eigenvalue weighted by Gasteiger charge is -2.23. The second-order valence-corrected chi connectivity index (χ2v) is 8.23. The summed E-state index contributed by atoms with van der Waals surface area (Å²) in [5, 5.41) is 23.1. The molecule has 4 heterocycles. The number of carbonyl (C=O) groups excluding carboxylic acids is 1. The second kappa shape index (κ2) is 6.67. The van der Waals surface area contributed by atoms with Gasteiger partial charge >= 0.3 is 0 Å². The van der Waals surface area contributed by atoms with E-state index in [2.05, 4.69) is 22.2 Å². The summed E-state index contributed by atoms with van der Waals surface area (Å²) in [7, 11) is 0. The summed E-state index contributed by atoms with van der Waals surface area (Å²) in [5.41, 5.74) is 3.19. The van der Waals surface area contributed by atoms with E-state index >= 15 is 0 Å². The van der Waals surface area contributed by atoms with Gasteiger partial charge in [0.1, 0.15) is 5.41 Å². The minimum atomic E-state index is -0.909. The van der Waals surface area contributed by atoms with Crippen molar-refractivity contribution in [1.29, 1.82) is 10.5 Å². The van der Waals surface area contributed by atoms with Crippen LogP contribution in [0.25, 0.3) is 16.8 Å². The van der Waals surface area contributed by atoms with Gasteiger partial charge in [0.25, 0.3) is 0 Å². The normalized spacial score (nSPS) is 23.5. The van der Waals surface area contributed by atoms with Gasteiger partial charge in [0, 0.05) is 36.6 Å². The highest BCUT2D eigenvalue weighted by molar-refractivity contribution is 6.05. The monoisotopic (exact) mass is 396 g/mol. The quantitative estimate of drug-likeness (QED) is 0.673. The predicted octanol–water partition coefficient (Wildman–Crippen LogP) is 3.37. The van der Waals surface area contributed by atoms with Gasteiger partial charge in [-0.25, -0.2) is 4.52 Å². The third-order valence-corrected chi connectivity index (χ3v) is 6.42. The van der Waals surface area contributed by atoms with Crippen molar-refractivity contribution in [2.45, 2.75) is 26.2 Å². The molecule has 7 heteroatoms. The van der Waals surface area contributed by atoms with E-state index in [0.29, 0.717) is 13.0 Å². The van der Waals surface area contributed by atoms with E-state index in [1.165, 1.54) is 0 Å². The molecule has 2 fully saturated rings. The maximum absolute atomic E-state index is 13.4. The summed E-state index contributed by atoms with van der Waals surface area (Å²) in [6.45, 7) is 2.54. The van der Waals surface area contributed by atoms with E-state index in [1.807, 2.05) is 37.4 Å². The highest BCUT2D eigenvalue weighted by atomic mass is 16.2. The molecule has 3 aromatic heterocycles. The first-order valence-electron chi connectivity index (χ1n) is 10.1. The Morgan fingerprint density at radius 3 is 2.77 bits per heavy atom. The van der Waals surface area contributed by atoms with Crippen LogP contribution >= 0.6 is 0 Å². The fourth-order valence-electron chi connectivity index (χ4n) is 4.67. The van der Waals surface area contributed by atoms with Gasteiger partial charge in [-0.2, -0.15) is 15.6 Å². The molecule has 1 amide bonds. The molecule has 0 aromatic carbocycles. The molecule has 30 heavy (non-hydrogen) atoms. The van der Waals surface area contributed by atoms with Crippen molar-refractivity contribution in [3.05, 3.63) is 48.4 Å². The predicted molar refractivity (Wildman–Crippen MR) is 110 cm³/mol. The van der Waals surface area contributed by atoms with Gasteiger partial charge in [0.15, 0.2) is 0 Å². The van der Waals surface area contributed by atoms with E-state index in [1.54, 1.807) is 21.8 Å². The zero-order valence-electron chi connectivity index (χ0n) is 16.6. The minimum Gasteiger partial charge on any atom is -0.309 e. The fraction of sp³-hybridized carbons (Fsp3) is 0.348. The van der Waals surface area contributed by atoms with E-state index in [-0.39, 0.29) is 17.7 Å². The van der Waals surface area contributed by atoms with Gasteiger partial charge in [-0.1, -0.05) is 13.0 Å². The Labute approximate surface area is 174 Å². The molecule has 2 aliphatic rings. The van der Waals surface area contributed by atoms with Crippen LogP contribution in [0.4, 0.5) is 5.69 Å². The standard InChI is InChI=1S/C23H20N6O/c1-15-12-28(22(30)23(15,14-25)18-3-4-18)20-7-9-27-29-13-17(10-21(20)29)19-5-2-16(6-8-24)11-26-19/h2,5,7,9-11,13,15,18H,3-4,6,12H2,1H3/t15-,23+/m1/s1. The van der Waals surface area contributed by atoms with Crippen LogP contribution in [0.3, 0.4) is 0 Å². The van der Waals surface area contributed by atoms with Crippen molar-refractivity contribution in [3.63, 3.8) is 0 Å². The number of fused-ring (bicyclic) bond motifs is 1. The first-order chi connectivity index (χ1) is 14.6. The summed E-state index contributed by atoms with van der Waals surface area (Å²) in [6, 6.07) is 12.1. The Bertz CT molecular complexity index is 1230. The van der Waals surface area contributed by atoms with Crippen LogP contribution in [-0.2, 0) is 11.2 Å². The number of hydrogen-bond donors (Lipinski definition) is 0. The topological polar surface area (TPSA) is 98.1 Å². The Hall–Kier alpha value is -3.71. The summed E-state index contributed by atoms with van der Waals surface area (Å²) in [4.78, 5) is 19.6. The van der Waals surface area contributed by atoms with Crippen molar-refractivity contribution in [2.75, 3.05) is 11.4 Å². The number of rotatable bonds is 4. The molecule has 3 aromatic rings. The molecule has 0 unspecified atom stereocenters. The number of nitrogens with zero attached hydrogens (tertiary/aromatic N) is 6. The van der Waals surface area contributed by atoms with Crippen molar-refractivity contribution >= 4 is 17.1 Å². The summed E-state index contributed by atoms with van der Waals surface area (Å²) >= 11 is 0. The Morgan fingerprint density at radius 1 is 1.27 bits per heavy atom. The number of carbonyl (C=O) groups is 1. The first-order valence-corrected chi connectivity index (χ1v) is 10.1. The number of aromatic nitrogens is 3. The highest BCUT2D eigenvalue weighted by Gasteiger charge is 2.61. The van der Waals surface area contributed by atoms with E-state index in [4.69, 9.17) is 5.26 Å². The number of amides is 1. The van der Waals surface area contributed by atoms with Gasteiger partial charge < -0.3 is 4.90 Å². The Morgan fingerprint density at radius 2 is 2.10 bits per heavy atom. The number of anilines is 1. The third-order valence-electron chi connectivity index (χ3n) is 6.42. The number of nitriles is 2. The first kappa shape index (κ1) is 18.3. The molecule has 1 saturated carbocycles. The van der Waals surface area contributed by atoms with E-state index in [9.17, 15) is 10.1 Å². The molecule has 0 spiro atoms. The molecule has 7 nitrogen and oxygen atoms in total. The average Bonchev–Trinajstić information content (AvgIpc) is 3.45. The highest BCUT2D eigenvalue weighted by Crippen LogP contribution is 2.54. The maximum Gasteiger partial charge on any atom is 0.248 e. The van der Waals surface area contributed by atoms with Crippen LogP contribution in [0.5, 0.6) is 0 Å². The molecule has 148 valence electrons. The van der Waals surface area contributed by atoms with Crippen LogP contribution in [0.15, 0.2) is 42.9 Å². The average molecular weight is 396 g/mol. The van der Waals surface area contributed by atoms with Crippen molar-refractivity contribution in [2.24, 2.45) is 17.3 Å². The van der Waals surface area contributed by atoms with Crippen molar-refractivity contribution in [3.8, 4) is 23.4 Å². The third kappa shape index (κ3) is 2.59. The smallest absolute Gasteiger partial charge is 0.248 e. The molecule has 0 bridgehead atoms. The van der Waals surface area contributed by atoms with Gasteiger partial charge in [0.05, 0.1) is 35.5 Å². The Kier molecular flexibility index (Phi) is 4.08. The molecule has 1 aliphatic carbocycles. The molecule has 5 rings (SSSR count). The molecule has 1 saturated heterocycles. The van der Waals surface area contributed by atoms with Gasteiger partial charge in [-0.3, -0.25) is 9.78 Å². The van der Waals surface area contributed by atoms with Crippen LogP contribution in [0.2, 0.25) is 0 Å².